The van der Waals surface area contributed by atoms with Gasteiger partial charge in [-0.3, -0.25) is 10.1 Å². The van der Waals surface area contributed by atoms with Crippen molar-refractivity contribution in [2.45, 2.75) is 6.42 Å². The van der Waals surface area contributed by atoms with Crippen molar-refractivity contribution in [1.82, 2.24) is 10.2 Å². The van der Waals surface area contributed by atoms with Crippen LogP contribution in [-0.4, -0.2) is 29.8 Å². The van der Waals surface area contributed by atoms with E-state index in [1.165, 1.54) is 12.1 Å². The highest BCUT2D eigenvalue weighted by Crippen LogP contribution is 2.19. The van der Waals surface area contributed by atoms with Gasteiger partial charge in [0.15, 0.2) is 6.61 Å². The first-order chi connectivity index (χ1) is 12.6. The van der Waals surface area contributed by atoms with Gasteiger partial charge in [-0.2, -0.15) is 0 Å². The van der Waals surface area contributed by atoms with Crippen molar-refractivity contribution in [2.75, 3.05) is 19.0 Å². The van der Waals surface area contributed by atoms with E-state index in [2.05, 4.69) is 15.5 Å². The van der Waals surface area contributed by atoms with Gasteiger partial charge in [-0.15, -0.1) is 5.10 Å². The van der Waals surface area contributed by atoms with Crippen LogP contribution in [0.1, 0.15) is 11.5 Å². The summed E-state index contributed by atoms with van der Waals surface area (Å²) in [6.45, 7) is -0.219. The summed E-state index contributed by atoms with van der Waals surface area (Å²) in [6.07, 6.45) is 0.337. The van der Waals surface area contributed by atoms with Crippen molar-refractivity contribution in [3.63, 3.8) is 0 Å². The number of nitrogens with zero attached hydrogens (tertiary/aromatic N) is 2. The molecule has 1 heterocycles. The lowest BCUT2D eigenvalue weighted by Gasteiger charge is -2.06. The number of carbonyl (C=O) groups excluding carboxylic acids is 1. The molecule has 0 saturated heterocycles. The number of rotatable bonds is 7. The fourth-order valence-electron chi connectivity index (χ4n) is 2.15. The van der Waals surface area contributed by atoms with E-state index in [0.717, 1.165) is 5.56 Å². The molecule has 0 atom stereocenters. The van der Waals surface area contributed by atoms with Crippen LogP contribution in [0.5, 0.6) is 11.5 Å². The number of ether oxygens (including phenoxy) is 2. The third-order valence-electron chi connectivity index (χ3n) is 3.39. The molecule has 1 amide bonds. The molecule has 0 radical (unpaired) electrons. The lowest BCUT2D eigenvalue weighted by molar-refractivity contribution is -0.118. The molecule has 0 aliphatic rings. The molecule has 26 heavy (non-hydrogen) atoms. The molecule has 0 aliphatic carbocycles. The molecule has 0 aliphatic heterocycles. The molecule has 1 aromatic heterocycles. The third-order valence-corrected chi connectivity index (χ3v) is 3.39. The minimum absolute atomic E-state index is 0.0265. The van der Waals surface area contributed by atoms with Crippen molar-refractivity contribution in [3.8, 4) is 11.5 Å². The van der Waals surface area contributed by atoms with Crippen LogP contribution < -0.4 is 14.8 Å². The van der Waals surface area contributed by atoms with Gasteiger partial charge in [-0.25, -0.2) is 4.39 Å². The molecule has 0 spiro atoms. The van der Waals surface area contributed by atoms with Gasteiger partial charge in [0.2, 0.25) is 5.89 Å². The molecule has 3 aromatic rings. The van der Waals surface area contributed by atoms with Gasteiger partial charge in [0.05, 0.1) is 13.5 Å². The van der Waals surface area contributed by atoms with Crippen LogP contribution in [0.2, 0.25) is 0 Å². The first-order valence-corrected chi connectivity index (χ1v) is 7.76. The second-order valence-corrected chi connectivity index (χ2v) is 5.32. The second kappa shape index (κ2) is 8.11. The number of aromatic nitrogens is 2. The van der Waals surface area contributed by atoms with E-state index in [4.69, 9.17) is 13.9 Å². The fraction of sp³-hybridized carbons (Fsp3) is 0.167. The summed E-state index contributed by atoms with van der Waals surface area (Å²) >= 11 is 0. The number of amides is 1. The molecule has 3 rings (SSSR count). The Morgan fingerprint density at radius 3 is 2.69 bits per heavy atom. The Morgan fingerprint density at radius 2 is 1.92 bits per heavy atom. The van der Waals surface area contributed by atoms with E-state index in [1.807, 2.05) is 0 Å². The number of carbonyl (C=O) groups is 1. The van der Waals surface area contributed by atoms with Crippen LogP contribution in [-0.2, 0) is 11.2 Å². The first kappa shape index (κ1) is 17.4. The van der Waals surface area contributed by atoms with E-state index in [9.17, 15) is 9.18 Å². The van der Waals surface area contributed by atoms with Gasteiger partial charge in [0.25, 0.3) is 5.91 Å². The molecule has 7 nitrogen and oxygen atoms in total. The third kappa shape index (κ3) is 4.79. The Labute approximate surface area is 148 Å². The number of anilines is 1. The summed E-state index contributed by atoms with van der Waals surface area (Å²) in [7, 11) is 1.55. The zero-order chi connectivity index (χ0) is 18.4. The molecule has 0 fully saturated rings. The quantitative estimate of drug-likeness (QED) is 0.700. The van der Waals surface area contributed by atoms with E-state index >= 15 is 0 Å². The average molecular weight is 357 g/mol. The van der Waals surface area contributed by atoms with E-state index in [0.29, 0.717) is 23.8 Å². The second-order valence-electron chi connectivity index (χ2n) is 5.32. The van der Waals surface area contributed by atoms with Gasteiger partial charge in [0, 0.05) is 6.07 Å². The summed E-state index contributed by atoms with van der Waals surface area (Å²) in [4.78, 5) is 11.9. The molecule has 134 valence electrons. The summed E-state index contributed by atoms with van der Waals surface area (Å²) in [5, 5.41) is 10.1. The van der Waals surface area contributed by atoms with Gasteiger partial charge in [-0.05, 0) is 29.8 Å². The van der Waals surface area contributed by atoms with E-state index < -0.39 is 5.91 Å². The smallest absolute Gasteiger partial charge is 0.322 e. The SMILES string of the molecule is COc1cccc(OCC(=O)Nc2nnc(Cc3ccc(F)cc3)o2)c1. The number of methoxy groups -OCH3 is 1. The molecule has 2 aromatic carbocycles. The zero-order valence-electron chi connectivity index (χ0n) is 13.9. The van der Waals surface area contributed by atoms with Crippen LogP contribution in [0.25, 0.3) is 0 Å². The van der Waals surface area contributed by atoms with Crippen molar-refractivity contribution in [2.24, 2.45) is 0 Å². The zero-order valence-corrected chi connectivity index (χ0v) is 13.9. The highest BCUT2D eigenvalue weighted by molar-refractivity contribution is 5.89. The van der Waals surface area contributed by atoms with Crippen LogP contribution in [0.3, 0.4) is 0 Å². The highest BCUT2D eigenvalue weighted by Gasteiger charge is 2.11. The van der Waals surface area contributed by atoms with Crippen molar-refractivity contribution in [1.29, 1.82) is 0 Å². The van der Waals surface area contributed by atoms with Crippen LogP contribution in [0.15, 0.2) is 52.9 Å². The highest BCUT2D eigenvalue weighted by atomic mass is 19.1. The predicted octanol–water partition coefficient (Wildman–Crippen LogP) is 2.83. The first-order valence-electron chi connectivity index (χ1n) is 7.76. The van der Waals surface area contributed by atoms with Gasteiger partial charge in [0.1, 0.15) is 17.3 Å². The Hall–Kier alpha value is -3.42. The van der Waals surface area contributed by atoms with Gasteiger partial charge in [-0.1, -0.05) is 23.3 Å². The van der Waals surface area contributed by atoms with Crippen molar-refractivity contribution in [3.05, 3.63) is 65.8 Å². The minimum atomic E-state index is -0.440. The summed E-state index contributed by atoms with van der Waals surface area (Å²) in [6, 6.07) is 12.8. The monoisotopic (exact) mass is 357 g/mol. The largest absolute Gasteiger partial charge is 0.497 e. The van der Waals surface area contributed by atoms with Crippen molar-refractivity contribution >= 4 is 11.9 Å². The Bertz CT molecular complexity index is 880. The molecular formula is C18H16FN3O4. The standard InChI is InChI=1S/C18H16FN3O4/c1-24-14-3-2-4-15(10-14)25-11-16(23)20-18-22-21-17(26-18)9-12-5-7-13(19)8-6-12/h2-8,10H,9,11H2,1H3,(H,20,22,23). The van der Waals surface area contributed by atoms with Gasteiger partial charge < -0.3 is 13.9 Å². The normalized spacial score (nSPS) is 10.4. The Kier molecular flexibility index (Phi) is 5.43. The Balaban J connectivity index is 1.51. The number of nitrogens with one attached hydrogen (secondary N) is 1. The van der Waals surface area contributed by atoms with Crippen LogP contribution >= 0.6 is 0 Å². The number of hydrogen-bond donors (Lipinski definition) is 1. The minimum Gasteiger partial charge on any atom is -0.497 e. The molecular weight excluding hydrogens is 341 g/mol. The lowest BCUT2D eigenvalue weighted by atomic mass is 10.1. The molecule has 8 heteroatoms. The maximum Gasteiger partial charge on any atom is 0.322 e. The maximum absolute atomic E-state index is 12.9. The molecule has 0 saturated carbocycles. The fourth-order valence-corrected chi connectivity index (χ4v) is 2.15. The number of benzene rings is 2. The predicted molar refractivity (Wildman–Crippen MR) is 90.6 cm³/mol. The summed E-state index contributed by atoms with van der Waals surface area (Å²) in [5.74, 6) is 0.681. The van der Waals surface area contributed by atoms with Crippen molar-refractivity contribution < 1.29 is 23.1 Å². The summed E-state index contributed by atoms with van der Waals surface area (Å²) in [5.41, 5.74) is 0.814. The van der Waals surface area contributed by atoms with Crippen LogP contribution in [0.4, 0.5) is 10.4 Å². The molecule has 0 bridgehead atoms. The van der Waals surface area contributed by atoms with E-state index in [1.54, 1.807) is 43.5 Å². The molecule has 0 unspecified atom stereocenters. The van der Waals surface area contributed by atoms with E-state index in [-0.39, 0.29) is 18.4 Å². The Morgan fingerprint density at radius 1 is 1.15 bits per heavy atom. The summed E-state index contributed by atoms with van der Waals surface area (Å²) < 4.78 is 28.7. The number of halogens is 1. The average Bonchev–Trinajstić information content (AvgIpc) is 3.09. The number of hydrogen-bond acceptors (Lipinski definition) is 6. The lowest BCUT2D eigenvalue weighted by Crippen LogP contribution is -2.20. The molecule has 1 N–H and O–H groups in total. The topological polar surface area (TPSA) is 86.5 Å². The van der Waals surface area contributed by atoms with Gasteiger partial charge >= 0.3 is 6.01 Å². The van der Waals surface area contributed by atoms with Crippen LogP contribution in [0, 0.1) is 5.82 Å². The maximum atomic E-state index is 12.9.